The third kappa shape index (κ3) is 2.69. The molecule has 0 nitrogen and oxygen atoms in total. The Labute approximate surface area is 82.5 Å². The lowest BCUT2D eigenvalue weighted by Crippen LogP contribution is -2.26. The lowest BCUT2D eigenvalue weighted by molar-refractivity contribution is 0.157. The highest BCUT2D eigenvalue weighted by atomic mass is 32.1. The summed E-state index contributed by atoms with van der Waals surface area (Å²) < 4.78 is 0. The molecule has 0 N–H and O–H groups in total. The van der Waals surface area contributed by atoms with Crippen molar-refractivity contribution in [3.8, 4) is 0 Å². The highest BCUT2D eigenvalue weighted by Crippen LogP contribution is 2.39. The molecular formula is C11H22S. The van der Waals surface area contributed by atoms with E-state index in [1.54, 1.807) is 0 Å². The first-order valence-corrected chi connectivity index (χ1v) is 5.78. The Kier molecular flexibility index (Phi) is 3.51. The first-order chi connectivity index (χ1) is 5.54. The van der Waals surface area contributed by atoms with E-state index in [1.165, 1.54) is 25.7 Å². The minimum Gasteiger partial charge on any atom is -0.179 e. The molecule has 1 fully saturated rings. The van der Waals surface area contributed by atoms with Crippen LogP contribution in [0.1, 0.15) is 46.5 Å². The van der Waals surface area contributed by atoms with Gasteiger partial charge in [-0.15, -0.1) is 0 Å². The summed E-state index contributed by atoms with van der Waals surface area (Å²) in [5.74, 6) is 2.96. The van der Waals surface area contributed by atoms with E-state index in [9.17, 15) is 0 Å². The Morgan fingerprint density at radius 1 is 1.08 bits per heavy atom. The Bertz CT molecular complexity index is 126. The van der Waals surface area contributed by atoms with Gasteiger partial charge in [-0.2, -0.15) is 12.6 Å². The second kappa shape index (κ2) is 4.04. The molecule has 0 atom stereocenters. The molecule has 0 aliphatic heterocycles. The van der Waals surface area contributed by atoms with Gasteiger partial charge in [0.15, 0.2) is 0 Å². The van der Waals surface area contributed by atoms with Gasteiger partial charge in [-0.05, 0) is 48.7 Å². The lowest BCUT2D eigenvalue weighted by atomic mass is 9.70. The molecule has 0 amide bonds. The summed E-state index contributed by atoms with van der Waals surface area (Å²) in [4.78, 5) is 0. The fourth-order valence-electron chi connectivity index (χ4n) is 2.21. The van der Waals surface area contributed by atoms with Crippen LogP contribution in [-0.4, -0.2) is 5.75 Å². The maximum atomic E-state index is 4.37. The molecule has 12 heavy (non-hydrogen) atoms. The summed E-state index contributed by atoms with van der Waals surface area (Å²) in [6.45, 7) is 7.12. The number of rotatable bonds is 1. The summed E-state index contributed by atoms with van der Waals surface area (Å²) in [6, 6.07) is 0. The molecule has 1 aliphatic carbocycles. The van der Waals surface area contributed by atoms with Crippen molar-refractivity contribution in [1.29, 1.82) is 0 Å². The van der Waals surface area contributed by atoms with E-state index in [4.69, 9.17) is 0 Å². The molecule has 0 aromatic carbocycles. The van der Waals surface area contributed by atoms with Gasteiger partial charge in [0.05, 0.1) is 0 Å². The fraction of sp³-hybridized carbons (Fsp3) is 1.00. The van der Waals surface area contributed by atoms with Crippen LogP contribution in [0.4, 0.5) is 0 Å². The summed E-state index contributed by atoms with van der Waals surface area (Å²) in [6.07, 6.45) is 5.67. The van der Waals surface area contributed by atoms with Crippen molar-refractivity contribution in [2.45, 2.75) is 46.5 Å². The Hall–Kier alpha value is 0.350. The molecule has 0 unspecified atom stereocenters. The Morgan fingerprint density at radius 2 is 1.58 bits per heavy atom. The first-order valence-electron chi connectivity index (χ1n) is 5.15. The van der Waals surface area contributed by atoms with E-state index in [0.29, 0.717) is 5.41 Å². The van der Waals surface area contributed by atoms with Crippen LogP contribution < -0.4 is 0 Å². The predicted molar refractivity (Wildman–Crippen MR) is 58.8 cm³/mol. The van der Waals surface area contributed by atoms with Crippen LogP contribution in [0.25, 0.3) is 0 Å². The summed E-state index contributed by atoms with van der Waals surface area (Å²) in [5.41, 5.74) is 0.529. The largest absolute Gasteiger partial charge is 0.179 e. The molecule has 1 heteroatoms. The fourth-order valence-corrected chi connectivity index (χ4v) is 2.58. The third-order valence-electron chi connectivity index (χ3n) is 3.33. The van der Waals surface area contributed by atoms with Crippen molar-refractivity contribution in [2.75, 3.05) is 5.75 Å². The van der Waals surface area contributed by atoms with Crippen LogP contribution in [0, 0.1) is 17.3 Å². The molecule has 0 bridgehead atoms. The molecule has 72 valence electrons. The molecule has 1 aliphatic rings. The first kappa shape index (κ1) is 10.4. The van der Waals surface area contributed by atoms with Gasteiger partial charge in [0, 0.05) is 0 Å². The van der Waals surface area contributed by atoms with Gasteiger partial charge < -0.3 is 0 Å². The van der Waals surface area contributed by atoms with E-state index in [0.717, 1.165) is 17.6 Å². The van der Waals surface area contributed by atoms with Crippen LogP contribution in [0.5, 0.6) is 0 Å². The highest BCUT2D eigenvalue weighted by molar-refractivity contribution is 7.80. The Morgan fingerprint density at radius 3 is 1.92 bits per heavy atom. The highest BCUT2D eigenvalue weighted by Gasteiger charge is 2.28. The van der Waals surface area contributed by atoms with Crippen molar-refractivity contribution >= 4 is 12.6 Å². The topological polar surface area (TPSA) is 0 Å². The summed E-state index contributed by atoms with van der Waals surface area (Å²) in [5, 5.41) is 0. The van der Waals surface area contributed by atoms with Crippen molar-refractivity contribution < 1.29 is 0 Å². The van der Waals surface area contributed by atoms with Crippen LogP contribution in [0.3, 0.4) is 0 Å². The van der Waals surface area contributed by atoms with Crippen LogP contribution in [0.15, 0.2) is 0 Å². The quantitative estimate of drug-likeness (QED) is 0.592. The summed E-state index contributed by atoms with van der Waals surface area (Å²) in [7, 11) is 0. The van der Waals surface area contributed by atoms with Gasteiger partial charge in [-0.25, -0.2) is 0 Å². The number of thiol groups is 1. The van der Waals surface area contributed by atoms with E-state index in [2.05, 4.69) is 33.4 Å². The second-order valence-corrected chi connectivity index (χ2v) is 5.63. The molecule has 1 rings (SSSR count). The molecule has 0 heterocycles. The monoisotopic (exact) mass is 186 g/mol. The maximum Gasteiger partial charge on any atom is -0.00695 e. The van der Waals surface area contributed by atoms with E-state index < -0.39 is 0 Å². The number of hydrogen-bond acceptors (Lipinski definition) is 1. The third-order valence-corrected chi connectivity index (χ3v) is 3.85. The molecule has 0 aromatic rings. The maximum absolute atomic E-state index is 4.37. The van der Waals surface area contributed by atoms with Gasteiger partial charge in [0.1, 0.15) is 0 Å². The van der Waals surface area contributed by atoms with Gasteiger partial charge in [0.2, 0.25) is 0 Å². The van der Waals surface area contributed by atoms with Gasteiger partial charge >= 0.3 is 0 Å². The van der Waals surface area contributed by atoms with Crippen molar-refractivity contribution in [3.63, 3.8) is 0 Å². The Balaban J connectivity index is 2.36. The molecule has 0 spiro atoms. The van der Waals surface area contributed by atoms with E-state index in [1.807, 2.05) is 0 Å². The molecule has 0 saturated heterocycles. The van der Waals surface area contributed by atoms with Crippen molar-refractivity contribution in [1.82, 2.24) is 0 Å². The van der Waals surface area contributed by atoms with Crippen LogP contribution in [0.2, 0.25) is 0 Å². The lowest BCUT2D eigenvalue weighted by Gasteiger charge is -2.36. The predicted octanol–water partition coefficient (Wildman–Crippen LogP) is 3.77. The molecular weight excluding hydrogens is 164 g/mol. The minimum atomic E-state index is 0.529. The van der Waals surface area contributed by atoms with Crippen molar-refractivity contribution in [2.24, 2.45) is 17.3 Å². The van der Waals surface area contributed by atoms with Crippen LogP contribution >= 0.6 is 12.6 Å². The molecule has 0 aromatic heterocycles. The van der Waals surface area contributed by atoms with Crippen LogP contribution in [-0.2, 0) is 0 Å². The average Bonchev–Trinajstić information content (AvgIpc) is 2.03. The number of hydrogen-bond donors (Lipinski definition) is 1. The minimum absolute atomic E-state index is 0.529. The normalized spacial score (nSPS) is 32.0. The van der Waals surface area contributed by atoms with E-state index >= 15 is 0 Å². The standard InChI is InChI=1S/C11H22S/c1-11(2,3)10-6-4-9(8-12)5-7-10/h9-10,12H,4-8H2,1-3H3. The zero-order chi connectivity index (χ0) is 9.19. The molecule has 0 radical (unpaired) electrons. The zero-order valence-electron chi connectivity index (χ0n) is 8.64. The SMILES string of the molecule is CC(C)(C)C1CCC(CS)CC1. The smallest absolute Gasteiger partial charge is 0.00695 e. The van der Waals surface area contributed by atoms with Gasteiger partial charge in [-0.1, -0.05) is 20.8 Å². The second-order valence-electron chi connectivity index (χ2n) is 5.27. The summed E-state index contributed by atoms with van der Waals surface area (Å²) >= 11 is 4.37. The van der Waals surface area contributed by atoms with Gasteiger partial charge in [0.25, 0.3) is 0 Å². The van der Waals surface area contributed by atoms with Gasteiger partial charge in [-0.3, -0.25) is 0 Å². The molecule has 1 saturated carbocycles. The average molecular weight is 186 g/mol. The zero-order valence-corrected chi connectivity index (χ0v) is 9.53. The van der Waals surface area contributed by atoms with Crippen molar-refractivity contribution in [3.05, 3.63) is 0 Å². The van der Waals surface area contributed by atoms with E-state index in [-0.39, 0.29) is 0 Å².